The van der Waals surface area contributed by atoms with Gasteiger partial charge in [-0.05, 0) is 20.3 Å². The Morgan fingerprint density at radius 3 is 2.29 bits per heavy atom. The Morgan fingerprint density at radius 2 is 2.00 bits per heavy atom. The van der Waals surface area contributed by atoms with Gasteiger partial charge in [0, 0.05) is 6.54 Å². The lowest BCUT2D eigenvalue weighted by Gasteiger charge is -2.22. The smallest absolute Gasteiger partial charge is 0.216 e. The molecule has 3 N–H and O–H groups in total. The largest absolute Gasteiger partial charge is 0.387 e. The van der Waals surface area contributed by atoms with Gasteiger partial charge in [-0.15, -0.1) is 0 Å². The number of nitrogens with two attached hydrogens (primary N) is 1. The van der Waals surface area contributed by atoms with Gasteiger partial charge in [-0.1, -0.05) is 6.92 Å². The summed E-state index contributed by atoms with van der Waals surface area (Å²) in [5, 5.41) is 6.63. The van der Waals surface area contributed by atoms with Gasteiger partial charge >= 0.3 is 0 Å². The van der Waals surface area contributed by atoms with Crippen LogP contribution in [0.2, 0.25) is 0 Å². The van der Waals surface area contributed by atoms with Gasteiger partial charge in [0.1, 0.15) is 5.84 Å². The van der Waals surface area contributed by atoms with E-state index in [1.165, 1.54) is 4.31 Å². The second-order valence-electron chi connectivity index (χ2n) is 3.45. The lowest BCUT2D eigenvalue weighted by molar-refractivity contribution is 0.441. The Balaban J connectivity index is 4.73. The molecule has 0 unspecified atom stereocenters. The molecule has 14 heavy (non-hydrogen) atoms. The van der Waals surface area contributed by atoms with E-state index in [1.54, 1.807) is 13.8 Å². The molecule has 0 amide bonds. The normalized spacial score (nSPS) is 12.4. The minimum Gasteiger partial charge on any atom is -0.387 e. The molecule has 0 aromatic heterocycles. The third-order valence-electron chi connectivity index (χ3n) is 1.78. The molecule has 0 aliphatic carbocycles. The highest BCUT2D eigenvalue weighted by Crippen LogP contribution is 2.08. The number of amidine groups is 1. The predicted octanol–water partition coefficient (Wildman–Crippen LogP) is 0.373. The van der Waals surface area contributed by atoms with Crippen molar-refractivity contribution >= 4 is 15.9 Å². The summed E-state index contributed by atoms with van der Waals surface area (Å²) >= 11 is 0. The Bertz CT molecular complexity index is 285. The average Bonchev–Trinajstić information content (AvgIpc) is 2.02. The van der Waals surface area contributed by atoms with Gasteiger partial charge in [-0.25, -0.2) is 8.42 Å². The molecule has 0 aromatic carbocycles. The van der Waals surface area contributed by atoms with Gasteiger partial charge in [-0.2, -0.15) is 4.31 Å². The van der Waals surface area contributed by atoms with Crippen molar-refractivity contribution in [3.63, 3.8) is 0 Å². The first-order valence-electron chi connectivity index (χ1n) is 4.64. The molecule has 0 saturated heterocycles. The quantitative estimate of drug-likeness (QED) is 0.502. The van der Waals surface area contributed by atoms with E-state index in [1.807, 2.05) is 6.92 Å². The maximum Gasteiger partial charge on any atom is 0.216 e. The Kier molecular flexibility index (Phi) is 5.07. The summed E-state index contributed by atoms with van der Waals surface area (Å²) in [6.07, 6.45) is 0.721. The van der Waals surface area contributed by atoms with Crippen LogP contribution in [0.1, 0.15) is 27.2 Å². The zero-order chi connectivity index (χ0) is 11.4. The van der Waals surface area contributed by atoms with Gasteiger partial charge in [0.2, 0.25) is 10.0 Å². The molecular weight excluding hydrogens is 202 g/mol. The lowest BCUT2D eigenvalue weighted by Crippen LogP contribution is -2.42. The van der Waals surface area contributed by atoms with Crippen molar-refractivity contribution in [3.8, 4) is 0 Å². The van der Waals surface area contributed by atoms with Crippen LogP contribution in [0.3, 0.4) is 0 Å². The zero-order valence-corrected chi connectivity index (χ0v) is 9.76. The topological polar surface area (TPSA) is 87.2 Å². The van der Waals surface area contributed by atoms with Gasteiger partial charge in [0.15, 0.2) is 0 Å². The molecule has 0 aliphatic rings. The van der Waals surface area contributed by atoms with Crippen molar-refractivity contribution in [1.29, 1.82) is 5.41 Å². The van der Waals surface area contributed by atoms with E-state index in [-0.39, 0.29) is 12.4 Å². The van der Waals surface area contributed by atoms with Gasteiger partial charge in [-0.3, -0.25) is 5.41 Å². The highest BCUT2D eigenvalue weighted by molar-refractivity contribution is 7.89. The molecule has 0 radical (unpaired) electrons. The number of hydrogen-bond acceptors (Lipinski definition) is 3. The van der Waals surface area contributed by atoms with Crippen LogP contribution in [-0.4, -0.2) is 36.9 Å². The van der Waals surface area contributed by atoms with E-state index < -0.39 is 15.3 Å². The van der Waals surface area contributed by atoms with E-state index in [9.17, 15) is 8.42 Å². The lowest BCUT2D eigenvalue weighted by atomic mass is 10.4. The molecule has 0 heterocycles. The monoisotopic (exact) mass is 221 g/mol. The van der Waals surface area contributed by atoms with Gasteiger partial charge < -0.3 is 5.73 Å². The molecular formula is C8H19N3O2S. The highest BCUT2D eigenvalue weighted by Gasteiger charge is 2.25. The van der Waals surface area contributed by atoms with Crippen molar-refractivity contribution in [2.45, 2.75) is 32.4 Å². The first-order chi connectivity index (χ1) is 6.32. The Morgan fingerprint density at radius 1 is 1.50 bits per heavy atom. The molecule has 5 nitrogen and oxygen atoms in total. The maximum absolute atomic E-state index is 11.7. The number of nitrogens with one attached hydrogen (secondary N) is 1. The minimum atomic E-state index is -3.28. The fourth-order valence-corrected chi connectivity index (χ4v) is 2.39. The minimum absolute atomic E-state index is 0.00560. The molecule has 0 bridgehead atoms. The van der Waals surface area contributed by atoms with Crippen LogP contribution in [0.25, 0.3) is 0 Å². The van der Waals surface area contributed by atoms with Crippen molar-refractivity contribution in [2.24, 2.45) is 5.73 Å². The van der Waals surface area contributed by atoms with Crippen molar-refractivity contribution < 1.29 is 8.42 Å². The Labute approximate surface area is 85.8 Å². The number of rotatable bonds is 6. The highest BCUT2D eigenvalue weighted by atomic mass is 32.2. The van der Waals surface area contributed by atoms with Crippen molar-refractivity contribution in [3.05, 3.63) is 0 Å². The maximum atomic E-state index is 11.7. The number of hydrogen-bond donors (Lipinski definition) is 2. The number of sulfonamides is 1. The van der Waals surface area contributed by atoms with E-state index in [4.69, 9.17) is 11.1 Å². The molecule has 0 atom stereocenters. The predicted molar refractivity (Wildman–Crippen MR) is 57.8 cm³/mol. The fraction of sp³-hybridized carbons (Fsp3) is 0.875. The van der Waals surface area contributed by atoms with E-state index in [0.29, 0.717) is 6.54 Å². The second-order valence-corrected chi connectivity index (χ2v) is 5.94. The molecule has 6 heteroatoms. The fourth-order valence-electron chi connectivity index (χ4n) is 1.03. The average molecular weight is 221 g/mol. The Hall–Kier alpha value is -0.620. The third kappa shape index (κ3) is 3.63. The summed E-state index contributed by atoms with van der Waals surface area (Å²) in [5.74, 6) is -0.123. The van der Waals surface area contributed by atoms with Gasteiger partial charge in [0.25, 0.3) is 0 Å². The molecule has 0 fully saturated rings. The molecule has 84 valence electrons. The summed E-state index contributed by atoms with van der Waals surface area (Å²) in [5.41, 5.74) is 5.20. The van der Waals surface area contributed by atoms with Crippen LogP contribution in [0, 0.1) is 5.41 Å². The van der Waals surface area contributed by atoms with Crippen LogP contribution in [0.4, 0.5) is 0 Å². The van der Waals surface area contributed by atoms with Crippen LogP contribution in [0.5, 0.6) is 0 Å². The van der Waals surface area contributed by atoms with E-state index >= 15 is 0 Å². The molecule has 0 aromatic rings. The van der Waals surface area contributed by atoms with Gasteiger partial charge in [0.05, 0.1) is 11.8 Å². The molecule has 0 aliphatic heterocycles. The van der Waals surface area contributed by atoms with Crippen molar-refractivity contribution in [2.75, 3.05) is 13.1 Å². The van der Waals surface area contributed by atoms with Crippen LogP contribution < -0.4 is 5.73 Å². The van der Waals surface area contributed by atoms with E-state index in [0.717, 1.165) is 6.42 Å². The summed E-state index contributed by atoms with van der Waals surface area (Å²) in [7, 11) is -3.28. The molecule has 0 rings (SSSR count). The molecule has 0 spiro atoms. The number of nitrogens with zero attached hydrogens (tertiary/aromatic N) is 1. The van der Waals surface area contributed by atoms with Crippen LogP contribution in [-0.2, 0) is 10.0 Å². The summed E-state index contributed by atoms with van der Waals surface area (Å²) < 4.78 is 24.7. The SMILES string of the molecule is CCCN(CC(=N)N)S(=O)(=O)C(C)C. The zero-order valence-electron chi connectivity index (χ0n) is 8.95. The van der Waals surface area contributed by atoms with Crippen LogP contribution in [0.15, 0.2) is 0 Å². The summed E-state index contributed by atoms with van der Waals surface area (Å²) in [4.78, 5) is 0. The second kappa shape index (κ2) is 5.31. The molecule has 0 saturated carbocycles. The summed E-state index contributed by atoms with van der Waals surface area (Å²) in [6, 6.07) is 0. The third-order valence-corrected chi connectivity index (χ3v) is 4.00. The first kappa shape index (κ1) is 13.4. The van der Waals surface area contributed by atoms with Crippen LogP contribution >= 0.6 is 0 Å². The standard InChI is InChI=1S/C8H19N3O2S/c1-4-5-11(6-8(9)10)14(12,13)7(2)3/h7H,4-6H2,1-3H3,(H3,9,10). The van der Waals surface area contributed by atoms with Crippen molar-refractivity contribution in [1.82, 2.24) is 4.31 Å². The van der Waals surface area contributed by atoms with E-state index in [2.05, 4.69) is 0 Å². The first-order valence-corrected chi connectivity index (χ1v) is 6.14. The summed E-state index contributed by atoms with van der Waals surface area (Å²) in [6.45, 7) is 5.55.